The van der Waals surface area contributed by atoms with Gasteiger partial charge in [0.2, 0.25) is 5.91 Å². The lowest BCUT2D eigenvalue weighted by Crippen LogP contribution is -2.52. The van der Waals surface area contributed by atoms with Gasteiger partial charge in [0, 0.05) is 51.6 Å². The molecule has 2 aromatic carbocycles. The Kier molecular flexibility index (Phi) is 19.8. The second-order valence-corrected chi connectivity index (χ2v) is 17.8. The van der Waals surface area contributed by atoms with Crippen molar-refractivity contribution in [3.05, 3.63) is 70.8 Å². The van der Waals surface area contributed by atoms with Crippen molar-refractivity contribution < 1.29 is 72.5 Å². The Hall–Kier alpha value is -5.04. The first-order valence-electron chi connectivity index (χ1n) is 22.0. The van der Waals surface area contributed by atoms with E-state index in [9.17, 15) is 44.1 Å². The molecule has 17 heteroatoms. The molecule has 2 aliphatic rings. The maximum atomic E-state index is 14.3. The van der Waals surface area contributed by atoms with Crippen molar-refractivity contribution in [1.82, 2.24) is 10.2 Å². The van der Waals surface area contributed by atoms with Crippen LogP contribution in [0, 0.1) is 17.3 Å². The number of benzene rings is 2. The summed E-state index contributed by atoms with van der Waals surface area (Å²) in [5.74, 6) is -3.65. The van der Waals surface area contributed by atoms with Gasteiger partial charge in [-0.2, -0.15) is 0 Å². The molecule has 7 atom stereocenters. The van der Waals surface area contributed by atoms with E-state index in [1.54, 1.807) is 85.1 Å². The summed E-state index contributed by atoms with van der Waals surface area (Å²) in [6.07, 6.45) is -2.42. The molecule has 4 N–H and O–H groups in total. The second kappa shape index (κ2) is 24.5. The number of nitrogens with zero attached hydrogens (tertiary/aromatic N) is 1. The summed E-state index contributed by atoms with van der Waals surface area (Å²) in [6, 6.07) is 8.06. The van der Waals surface area contributed by atoms with Crippen molar-refractivity contribution in [1.29, 1.82) is 0 Å². The van der Waals surface area contributed by atoms with Crippen LogP contribution in [0.25, 0.3) is 0 Å². The molecule has 0 unspecified atom stereocenters. The summed E-state index contributed by atoms with van der Waals surface area (Å²) in [4.78, 5) is 81.3. The number of Topliss-reactive ketones (excluding diaryl/α,β-unsaturated/α-hetero) is 2. The molecule has 2 heterocycles. The molecule has 0 aliphatic carbocycles. The van der Waals surface area contributed by atoms with Gasteiger partial charge in [0.1, 0.15) is 44.2 Å². The number of methoxy groups -OCH3 is 2. The van der Waals surface area contributed by atoms with E-state index in [0.29, 0.717) is 53.4 Å². The van der Waals surface area contributed by atoms with Gasteiger partial charge < -0.3 is 49.1 Å². The van der Waals surface area contributed by atoms with Crippen molar-refractivity contribution in [2.75, 3.05) is 47.3 Å². The van der Waals surface area contributed by atoms with Gasteiger partial charge in [0.25, 0.3) is 11.8 Å². The van der Waals surface area contributed by atoms with E-state index < -0.39 is 77.3 Å². The topological polar surface area (TPSA) is 234 Å². The molecule has 1 fully saturated rings. The Labute approximate surface area is 380 Å². The molecule has 0 radical (unpaired) electrons. The van der Waals surface area contributed by atoms with E-state index in [1.165, 1.54) is 7.11 Å². The Morgan fingerprint density at radius 2 is 1.45 bits per heavy atom. The van der Waals surface area contributed by atoms with Crippen LogP contribution in [-0.2, 0) is 73.6 Å². The fourth-order valence-electron chi connectivity index (χ4n) is 7.35. The van der Waals surface area contributed by atoms with Gasteiger partial charge in [-0.1, -0.05) is 38.1 Å². The molecule has 0 bridgehead atoms. The summed E-state index contributed by atoms with van der Waals surface area (Å²) >= 11 is 0. The Bertz CT molecular complexity index is 1990. The summed E-state index contributed by atoms with van der Waals surface area (Å²) in [5, 5.41) is 33.4. The van der Waals surface area contributed by atoms with Crippen molar-refractivity contribution in [2.45, 2.75) is 117 Å². The molecule has 65 heavy (non-hydrogen) atoms. The Morgan fingerprint density at radius 3 is 2.06 bits per heavy atom. The van der Waals surface area contributed by atoms with Gasteiger partial charge in [0.15, 0.2) is 23.1 Å². The third kappa shape index (κ3) is 15.0. The molecule has 0 aromatic heterocycles. The monoisotopic (exact) mass is 910 g/mol. The molecule has 2 aliphatic heterocycles. The lowest BCUT2D eigenvalue weighted by Gasteiger charge is -2.35. The molecule has 17 nitrogen and oxygen atoms in total. The molecule has 4 rings (SSSR count). The zero-order valence-electron chi connectivity index (χ0n) is 38.7. The molecule has 1 saturated heterocycles. The van der Waals surface area contributed by atoms with Crippen LogP contribution in [-0.4, -0.2) is 139 Å². The third-order valence-electron chi connectivity index (χ3n) is 11.4. The van der Waals surface area contributed by atoms with Crippen LogP contribution in [0.3, 0.4) is 0 Å². The average Bonchev–Trinajstić information content (AvgIpc) is 3.59. The summed E-state index contributed by atoms with van der Waals surface area (Å²) in [7, 11) is 3.08. The number of rotatable bonds is 25. The number of hydrogen-bond donors (Lipinski definition) is 4. The number of hydrogen-bond acceptors (Lipinski definition) is 15. The first kappa shape index (κ1) is 52.6. The number of aliphatic hydroxyl groups is 3. The van der Waals surface area contributed by atoms with Gasteiger partial charge in [-0.3, -0.25) is 33.7 Å². The van der Waals surface area contributed by atoms with Crippen LogP contribution < -0.4 is 14.8 Å². The maximum absolute atomic E-state index is 14.3. The van der Waals surface area contributed by atoms with Crippen LogP contribution in [0.1, 0.15) is 76.6 Å². The second-order valence-electron chi connectivity index (χ2n) is 17.8. The number of carbonyl (C=O) groups excluding carboxylic acids is 6. The molecule has 2 aromatic rings. The first-order valence-corrected chi connectivity index (χ1v) is 22.0. The number of esters is 1. The minimum atomic E-state index is -1.37. The highest BCUT2D eigenvalue weighted by Crippen LogP contribution is 2.31. The van der Waals surface area contributed by atoms with Gasteiger partial charge in [0.05, 0.1) is 37.4 Å². The largest absolute Gasteiger partial charge is 0.487 e. The maximum Gasteiger partial charge on any atom is 0.311 e. The van der Waals surface area contributed by atoms with E-state index >= 15 is 0 Å². The molecule has 0 spiro atoms. The van der Waals surface area contributed by atoms with Gasteiger partial charge in [-0.05, 0) is 80.8 Å². The van der Waals surface area contributed by atoms with Crippen molar-refractivity contribution in [3.8, 4) is 11.5 Å². The predicted molar refractivity (Wildman–Crippen MR) is 236 cm³/mol. The van der Waals surface area contributed by atoms with E-state index in [-0.39, 0.29) is 63.8 Å². The van der Waals surface area contributed by atoms with Crippen LogP contribution in [0.15, 0.2) is 48.6 Å². The zero-order chi connectivity index (χ0) is 48.0. The quantitative estimate of drug-likeness (QED) is 0.0637. The fraction of sp³-hybridized carbons (Fsp3) is 0.583. The SMILES string of the molecule is COCCOc1ccc(C[C@@H](C(=O)C[C@H](C(=O)N[C@@H](C)C(=O)Cc2ccc(COC(=O)C(C)(C)C)c(CC[C@@H]3OC[C@@H](O)[C@H](O)[C@H]3O)c2)C(C)C)N2C(=O)C=CC2=O)cc1OCCOC. The summed E-state index contributed by atoms with van der Waals surface area (Å²) in [6.45, 7) is 11.2. The molecule has 3 amide bonds. The minimum Gasteiger partial charge on any atom is -0.487 e. The van der Waals surface area contributed by atoms with Crippen LogP contribution >= 0.6 is 0 Å². The fourth-order valence-corrected chi connectivity index (χ4v) is 7.35. The van der Waals surface area contributed by atoms with Crippen LogP contribution in [0.4, 0.5) is 0 Å². The van der Waals surface area contributed by atoms with Gasteiger partial charge in [-0.15, -0.1) is 0 Å². The van der Waals surface area contributed by atoms with E-state index in [0.717, 1.165) is 17.1 Å². The van der Waals surface area contributed by atoms with E-state index in [4.69, 9.17) is 28.4 Å². The molecule has 358 valence electrons. The first-order chi connectivity index (χ1) is 30.7. The van der Waals surface area contributed by atoms with E-state index in [2.05, 4.69) is 5.32 Å². The molecular weight excluding hydrogens is 845 g/mol. The number of imide groups is 1. The Morgan fingerprint density at radius 1 is 0.815 bits per heavy atom. The van der Waals surface area contributed by atoms with Crippen molar-refractivity contribution in [3.63, 3.8) is 0 Å². The predicted octanol–water partition coefficient (Wildman–Crippen LogP) is 2.62. The molecular formula is C48H66N2O15. The minimum absolute atomic E-state index is 0.0464. The lowest BCUT2D eigenvalue weighted by molar-refractivity contribution is -0.188. The van der Waals surface area contributed by atoms with Crippen LogP contribution in [0.5, 0.6) is 11.5 Å². The number of amides is 3. The number of nitrogens with one attached hydrogen (secondary N) is 1. The summed E-state index contributed by atoms with van der Waals surface area (Å²) in [5.41, 5.74) is 1.81. The highest BCUT2D eigenvalue weighted by molar-refractivity contribution is 6.15. The normalized spacial score (nSPS) is 20.1. The lowest BCUT2D eigenvalue weighted by atomic mass is 9.86. The van der Waals surface area contributed by atoms with E-state index in [1.807, 2.05) is 0 Å². The summed E-state index contributed by atoms with van der Waals surface area (Å²) < 4.78 is 33.1. The van der Waals surface area contributed by atoms with Crippen molar-refractivity contribution in [2.24, 2.45) is 17.3 Å². The number of ketones is 2. The van der Waals surface area contributed by atoms with Gasteiger partial charge >= 0.3 is 5.97 Å². The Balaban J connectivity index is 1.49. The smallest absolute Gasteiger partial charge is 0.311 e. The zero-order valence-corrected chi connectivity index (χ0v) is 38.7. The van der Waals surface area contributed by atoms with Gasteiger partial charge in [-0.25, -0.2) is 0 Å². The number of carbonyl (C=O) groups is 6. The van der Waals surface area contributed by atoms with Crippen molar-refractivity contribution >= 4 is 35.3 Å². The highest BCUT2D eigenvalue weighted by atomic mass is 16.6. The highest BCUT2D eigenvalue weighted by Gasteiger charge is 2.39. The third-order valence-corrected chi connectivity index (χ3v) is 11.4. The van der Waals surface area contributed by atoms with Crippen LogP contribution in [0.2, 0.25) is 0 Å². The number of aryl methyl sites for hydroxylation is 1. The number of ether oxygens (including phenoxy) is 6. The standard InChI is InChI=1S/C48H66N2O15/c1-28(2)34(25-37(52)35(50-42(54)15-16-43(50)55)22-31-10-13-39(62-19-17-60-7)41(24-31)63-20-18-61-8)46(58)49-29(3)36(51)23-30-9-11-33(26-65-47(59)48(4,5)6)32(21-30)12-14-40-45(57)44(56)38(53)27-64-40/h9-11,13,15-16,21,24,28-29,34-35,38,40,44-45,53,56-57H,12,14,17-20,22-23,25-27H2,1-8H3,(H,49,58)/t29-,34-,35-,38+,40-,44-,45-/m0/s1. The molecule has 0 saturated carbocycles. The average molecular weight is 911 g/mol. The number of aliphatic hydroxyl groups excluding tert-OH is 3.